The molecule has 29 heavy (non-hydrogen) atoms. The Morgan fingerprint density at radius 1 is 1.10 bits per heavy atom. The third kappa shape index (κ3) is 6.35. The number of benzene rings is 2. The van der Waals surface area contributed by atoms with Crippen LogP contribution in [0.4, 0.5) is 5.69 Å². The zero-order chi connectivity index (χ0) is 21.3. The van der Waals surface area contributed by atoms with Gasteiger partial charge in [-0.05, 0) is 43.3 Å². The van der Waals surface area contributed by atoms with Crippen molar-refractivity contribution in [3.05, 3.63) is 66.7 Å². The van der Waals surface area contributed by atoms with Crippen LogP contribution in [0, 0.1) is 0 Å². The number of nitrogens with one attached hydrogen (secondary N) is 2. The maximum Gasteiger partial charge on any atom is 0.340 e. The van der Waals surface area contributed by atoms with E-state index in [4.69, 9.17) is 9.47 Å². The second-order valence-electron chi connectivity index (χ2n) is 5.72. The molecule has 0 saturated carbocycles. The molecule has 0 aromatic heterocycles. The molecule has 2 N–H and O–H groups in total. The molecule has 1 amide bonds. The number of esters is 1. The molecule has 0 spiro atoms. The van der Waals surface area contributed by atoms with E-state index in [9.17, 15) is 18.0 Å². The molecule has 0 aliphatic heterocycles. The Bertz CT molecular complexity index is 971. The first kappa shape index (κ1) is 22.0. The topological polar surface area (TPSA) is 111 Å². The Hall–Kier alpha value is -3.33. The minimum absolute atomic E-state index is 0.00734. The lowest BCUT2D eigenvalue weighted by Crippen LogP contribution is -2.29. The number of carbonyl (C=O) groups is 2. The molecule has 154 valence electrons. The minimum atomic E-state index is -3.95. The summed E-state index contributed by atoms with van der Waals surface area (Å²) in [6.07, 6.45) is 1.49. The summed E-state index contributed by atoms with van der Waals surface area (Å²) in [5.41, 5.74) is 0.0245. The third-order valence-corrected chi connectivity index (χ3v) is 5.00. The van der Waals surface area contributed by atoms with Crippen LogP contribution in [-0.2, 0) is 19.6 Å². The average Bonchev–Trinajstić information content (AvgIpc) is 2.71. The molecule has 0 unspecified atom stereocenters. The molecular weight excluding hydrogens is 396 g/mol. The Kier molecular flexibility index (Phi) is 7.79. The molecule has 0 heterocycles. The maximum atomic E-state index is 12.7. The molecule has 9 heteroatoms. The van der Waals surface area contributed by atoms with Gasteiger partial charge in [0.2, 0.25) is 0 Å². The fraction of sp³-hybridized carbons (Fsp3) is 0.200. The van der Waals surface area contributed by atoms with Gasteiger partial charge in [0.25, 0.3) is 15.9 Å². The van der Waals surface area contributed by atoms with E-state index in [-0.39, 0.29) is 22.7 Å². The number of anilines is 1. The van der Waals surface area contributed by atoms with Gasteiger partial charge in [-0.2, -0.15) is 0 Å². The molecule has 0 atom stereocenters. The zero-order valence-corrected chi connectivity index (χ0v) is 16.7. The first-order valence-electron chi connectivity index (χ1n) is 8.76. The van der Waals surface area contributed by atoms with Crippen molar-refractivity contribution in [2.45, 2.75) is 11.8 Å². The molecule has 0 radical (unpaired) electrons. The summed E-state index contributed by atoms with van der Waals surface area (Å²) in [4.78, 5) is 23.9. The van der Waals surface area contributed by atoms with Crippen LogP contribution in [0.25, 0.3) is 0 Å². The lowest BCUT2D eigenvalue weighted by molar-refractivity contribution is -0.124. The molecule has 0 bridgehead atoms. The van der Waals surface area contributed by atoms with Crippen LogP contribution >= 0.6 is 0 Å². The van der Waals surface area contributed by atoms with Gasteiger partial charge in [0.05, 0.1) is 22.8 Å². The SMILES string of the molecule is C=CCNC(=O)COC(=O)c1ccccc1NS(=O)(=O)c1ccc(OCC)cc1. The fourth-order valence-electron chi connectivity index (χ4n) is 2.28. The van der Waals surface area contributed by atoms with Crippen LogP contribution in [0.3, 0.4) is 0 Å². The van der Waals surface area contributed by atoms with E-state index >= 15 is 0 Å². The Morgan fingerprint density at radius 3 is 2.45 bits per heavy atom. The first-order chi connectivity index (χ1) is 13.9. The van der Waals surface area contributed by atoms with E-state index in [0.29, 0.717) is 12.4 Å². The summed E-state index contributed by atoms with van der Waals surface area (Å²) in [6.45, 7) is 5.51. The summed E-state index contributed by atoms with van der Waals surface area (Å²) in [5.74, 6) is -0.778. The largest absolute Gasteiger partial charge is 0.494 e. The Balaban J connectivity index is 2.14. The van der Waals surface area contributed by atoms with Crippen molar-refractivity contribution in [3.63, 3.8) is 0 Å². The lowest BCUT2D eigenvalue weighted by atomic mass is 10.2. The highest BCUT2D eigenvalue weighted by Gasteiger charge is 2.20. The van der Waals surface area contributed by atoms with Gasteiger partial charge in [-0.15, -0.1) is 6.58 Å². The Labute approximate surface area is 169 Å². The van der Waals surface area contributed by atoms with Gasteiger partial charge < -0.3 is 14.8 Å². The molecule has 0 fully saturated rings. The van der Waals surface area contributed by atoms with Crippen molar-refractivity contribution in [1.29, 1.82) is 0 Å². The van der Waals surface area contributed by atoms with Gasteiger partial charge in [0.1, 0.15) is 5.75 Å². The molecule has 2 aromatic carbocycles. The first-order valence-corrected chi connectivity index (χ1v) is 10.2. The quantitative estimate of drug-likeness (QED) is 0.453. The van der Waals surface area contributed by atoms with Crippen molar-refractivity contribution in [2.24, 2.45) is 0 Å². The predicted octanol–water partition coefficient (Wildman–Crippen LogP) is 2.35. The highest BCUT2D eigenvalue weighted by atomic mass is 32.2. The standard InChI is InChI=1S/C20H22N2O6S/c1-3-13-21-19(23)14-28-20(24)17-7-5-6-8-18(17)22-29(25,26)16-11-9-15(10-12-16)27-4-2/h3,5-12,22H,1,4,13-14H2,2H3,(H,21,23). The number of hydrogen-bond acceptors (Lipinski definition) is 6. The Morgan fingerprint density at radius 2 is 1.79 bits per heavy atom. The van der Waals surface area contributed by atoms with Crippen molar-refractivity contribution in [2.75, 3.05) is 24.5 Å². The monoisotopic (exact) mass is 418 g/mol. The molecule has 0 aliphatic rings. The van der Waals surface area contributed by atoms with Gasteiger partial charge in [-0.3, -0.25) is 9.52 Å². The van der Waals surface area contributed by atoms with Crippen molar-refractivity contribution >= 4 is 27.6 Å². The summed E-state index contributed by atoms with van der Waals surface area (Å²) >= 11 is 0. The van der Waals surface area contributed by atoms with Crippen molar-refractivity contribution in [3.8, 4) is 5.75 Å². The molecule has 0 aliphatic carbocycles. The summed E-state index contributed by atoms with van der Waals surface area (Å²) in [6, 6.07) is 11.9. The number of para-hydroxylation sites is 1. The molecule has 2 aromatic rings. The van der Waals surface area contributed by atoms with E-state index in [1.54, 1.807) is 24.3 Å². The lowest BCUT2D eigenvalue weighted by Gasteiger charge is -2.13. The second-order valence-corrected chi connectivity index (χ2v) is 7.41. The fourth-order valence-corrected chi connectivity index (χ4v) is 3.36. The van der Waals surface area contributed by atoms with Gasteiger partial charge in [-0.1, -0.05) is 18.2 Å². The van der Waals surface area contributed by atoms with Crippen LogP contribution in [-0.4, -0.2) is 40.1 Å². The van der Waals surface area contributed by atoms with Gasteiger partial charge in [-0.25, -0.2) is 13.2 Å². The number of carbonyl (C=O) groups excluding carboxylic acids is 2. The van der Waals surface area contributed by atoms with Crippen LogP contribution in [0.1, 0.15) is 17.3 Å². The van der Waals surface area contributed by atoms with Crippen LogP contribution in [0.15, 0.2) is 66.1 Å². The zero-order valence-electron chi connectivity index (χ0n) is 15.9. The number of rotatable bonds is 10. The van der Waals surface area contributed by atoms with Gasteiger partial charge in [0.15, 0.2) is 6.61 Å². The summed E-state index contributed by atoms with van der Waals surface area (Å²) in [5, 5.41) is 2.47. The molecular formula is C20H22N2O6S. The van der Waals surface area contributed by atoms with E-state index < -0.39 is 28.5 Å². The summed E-state index contributed by atoms with van der Waals surface area (Å²) in [7, 11) is -3.95. The minimum Gasteiger partial charge on any atom is -0.494 e. The number of ether oxygens (including phenoxy) is 2. The number of sulfonamides is 1. The third-order valence-electron chi connectivity index (χ3n) is 3.61. The van der Waals surface area contributed by atoms with Gasteiger partial charge in [0, 0.05) is 6.54 Å². The van der Waals surface area contributed by atoms with E-state index in [0.717, 1.165) is 0 Å². The summed E-state index contributed by atoms with van der Waals surface area (Å²) < 4.78 is 37.9. The number of amides is 1. The maximum absolute atomic E-state index is 12.7. The molecule has 8 nitrogen and oxygen atoms in total. The predicted molar refractivity (Wildman–Crippen MR) is 108 cm³/mol. The van der Waals surface area contributed by atoms with Crippen LogP contribution in [0.5, 0.6) is 5.75 Å². The van der Waals surface area contributed by atoms with Crippen LogP contribution < -0.4 is 14.8 Å². The molecule has 0 saturated heterocycles. The van der Waals surface area contributed by atoms with E-state index in [1.807, 2.05) is 6.92 Å². The highest BCUT2D eigenvalue weighted by Crippen LogP contribution is 2.22. The van der Waals surface area contributed by atoms with Crippen molar-refractivity contribution in [1.82, 2.24) is 5.32 Å². The van der Waals surface area contributed by atoms with E-state index in [1.165, 1.54) is 30.3 Å². The van der Waals surface area contributed by atoms with Gasteiger partial charge >= 0.3 is 5.97 Å². The van der Waals surface area contributed by atoms with E-state index in [2.05, 4.69) is 16.6 Å². The second kappa shape index (κ2) is 10.3. The van der Waals surface area contributed by atoms with Crippen LogP contribution in [0.2, 0.25) is 0 Å². The van der Waals surface area contributed by atoms with Crippen molar-refractivity contribution < 1.29 is 27.5 Å². The smallest absolute Gasteiger partial charge is 0.340 e. The highest BCUT2D eigenvalue weighted by molar-refractivity contribution is 7.92. The average molecular weight is 418 g/mol. The number of hydrogen-bond donors (Lipinski definition) is 2. The molecule has 2 rings (SSSR count). The normalized spacial score (nSPS) is 10.7.